The van der Waals surface area contributed by atoms with Gasteiger partial charge in [-0.3, -0.25) is 4.79 Å². The molecular formula is C12H16N4O2S. The molecule has 2 aromatic rings. The van der Waals surface area contributed by atoms with E-state index in [4.69, 9.17) is 5.11 Å². The summed E-state index contributed by atoms with van der Waals surface area (Å²) < 4.78 is 1.47. The maximum absolute atomic E-state index is 11.8. The van der Waals surface area contributed by atoms with Crippen LogP contribution >= 0.6 is 11.3 Å². The second-order valence-corrected chi connectivity index (χ2v) is 5.16. The molecule has 0 aromatic carbocycles. The lowest BCUT2D eigenvalue weighted by molar-refractivity contribution is -0.122. The number of thiophene rings is 1. The smallest absolute Gasteiger partial charge is 0.242 e. The van der Waals surface area contributed by atoms with Gasteiger partial charge in [0.25, 0.3) is 0 Å². The third-order valence-corrected chi connectivity index (χ3v) is 3.66. The fourth-order valence-electron chi connectivity index (χ4n) is 1.69. The molecule has 2 rings (SSSR count). The van der Waals surface area contributed by atoms with E-state index in [0.29, 0.717) is 12.1 Å². The minimum absolute atomic E-state index is 0.00654. The molecule has 0 aliphatic heterocycles. The number of carbonyl (C=O) groups excluding carboxylic acids is 1. The highest BCUT2D eigenvalue weighted by atomic mass is 32.1. The SMILES string of the molecule is CC(NC(=O)Cn1cc(CCO)nn1)c1cccs1. The summed E-state index contributed by atoms with van der Waals surface area (Å²) in [4.78, 5) is 13.0. The number of aromatic nitrogens is 3. The number of rotatable bonds is 6. The molecule has 1 unspecified atom stereocenters. The van der Waals surface area contributed by atoms with Gasteiger partial charge < -0.3 is 10.4 Å². The first-order chi connectivity index (χ1) is 9.19. The van der Waals surface area contributed by atoms with Crippen LogP contribution in [0, 0.1) is 0 Å². The third-order valence-electron chi connectivity index (χ3n) is 2.61. The van der Waals surface area contributed by atoms with Gasteiger partial charge in [0.15, 0.2) is 0 Å². The van der Waals surface area contributed by atoms with Gasteiger partial charge in [-0.15, -0.1) is 16.4 Å². The van der Waals surface area contributed by atoms with E-state index in [1.807, 2.05) is 24.4 Å². The molecule has 0 fully saturated rings. The van der Waals surface area contributed by atoms with Crippen molar-refractivity contribution in [2.45, 2.75) is 25.9 Å². The van der Waals surface area contributed by atoms with Crippen LogP contribution in [-0.2, 0) is 17.8 Å². The molecule has 19 heavy (non-hydrogen) atoms. The molecule has 102 valence electrons. The van der Waals surface area contributed by atoms with E-state index in [1.165, 1.54) is 4.68 Å². The quantitative estimate of drug-likeness (QED) is 0.818. The fourth-order valence-corrected chi connectivity index (χ4v) is 2.42. The van der Waals surface area contributed by atoms with Crippen LogP contribution in [0.1, 0.15) is 23.5 Å². The van der Waals surface area contributed by atoms with Crippen LogP contribution in [-0.4, -0.2) is 32.6 Å². The van der Waals surface area contributed by atoms with Gasteiger partial charge in [0.2, 0.25) is 5.91 Å². The van der Waals surface area contributed by atoms with E-state index >= 15 is 0 Å². The van der Waals surface area contributed by atoms with Gasteiger partial charge in [0.1, 0.15) is 6.54 Å². The number of aliphatic hydroxyl groups excluding tert-OH is 1. The summed E-state index contributed by atoms with van der Waals surface area (Å²) in [6.07, 6.45) is 2.12. The van der Waals surface area contributed by atoms with Crippen molar-refractivity contribution in [3.8, 4) is 0 Å². The number of hydrogen-bond acceptors (Lipinski definition) is 5. The minimum atomic E-state index is -0.110. The zero-order valence-electron chi connectivity index (χ0n) is 10.6. The Morgan fingerprint density at radius 1 is 1.63 bits per heavy atom. The Kier molecular flexibility index (Phi) is 4.64. The van der Waals surface area contributed by atoms with Crippen molar-refractivity contribution in [3.63, 3.8) is 0 Å². The lowest BCUT2D eigenvalue weighted by Gasteiger charge is -2.11. The van der Waals surface area contributed by atoms with Crippen molar-refractivity contribution in [2.75, 3.05) is 6.61 Å². The number of nitrogens with zero attached hydrogens (tertiary/aromatic N) is 3. The molecule has 0 aliphatic rings. The average molecular weight is 280 g/mol. The van der Waals surface area contributed by atoms with E-state index < -0.39 is 0 Å². The summed E-state index contributed by atoms with van der Waals surface area (Å²) in [7, 11) is 0. The van der Waals surface area contributed by atoms with Crippen LogP contribution in [0.4, 0.5) is 0 Å². The lowest BCUT2D eigenvalue weighted by atomic mass is 10.3. The fraction of sp³-hybridized carbons (Fsp3) is 0.417. The number of carbonyl (C=O) groups is 1. The Morgan fingerprint density at radius 3 is 3.16 bits per heavy atom. The molecule has 2 aromatic heterocycles. The zero-order chi connectivity index (χ0) is 13.7. The number of hydrogen-bond donors (Lipinski definition) is 2. The summed E-state index contributed by atoms with van der Waals surface area (Å²) >= 11 is 1.61. The van der Waals surface area contributed by atoms with Crippen LogP contribution in [0.25, 0.3) is 0 Å². The second kappa shape index (κ2) is 6.44. The minimum Gasteiger partial charge on any atom is -0.396 e. The lowest BCUT2D eigenvalue weighted by Crippen LogP contribution is -2.29. The van der Waals surface area contributed by atoms with Gasteiger partial charge in [0.05, 0.1) is 11.7 Å². The topological polar surface area (TPSA) is 80.0 Å². The Balaban J connectivity index is 1.86. The summed E-state index contributed by atoms with van der Waals surface area (Å²) in [6, 6.07) is 3.94. The standard InChI is InChI=1S/C12H16N4O2S/c1-9(11-3-2-6-19-11)13-12(18)8-16-7-10(4-5-17)14-15-16/h2-3,6-7,9,17H,4-5,8H2,1H3,(H,13,18). The summed E-state index contributed by atoms with van der Waals surface area (Å²) in [5.41, 5.74) is 0.682. The Morgan fingerprint density at radius 2 is 2.47 bits per heavy atom. The normalized spacial score (nSPS) is 12.3. The van der Waals surface area contributed by atoms with Gasteiger partial charge in [-0.2, -0.15) is 0 Å². The second-order valence-electron chi connectivity index (χ2n) is 4.19. The third kappa shape index (κ3) is 3.87. The highest BCUT2D eigenvalue weighted by Crippen LogP contribution is 2.17. The summed E-state index contributed by atoms with van der Waals surface area (Å²) in [6.45, 7) is 2.11. The van der Waals surface area contributed by atoms with Gasteiger partial charge in [0, 0.05) is 24.1 Å². The molecule has 0 aliphatic carbocycles. The molecular weight excluding hydrogens is 264 g/mol. The van der Waals surface area contributed by atoms with E-state index in [1.54, 1.807) is 17.5 Å². The van der Waals surface area contributed by atoms with Crippen molar-refractivity contribution in [1.82, 2.24) is 20.3 Å². The molecule has 0 saturated carbocycles. The first kappa shape index (κ1) is 13.7. The Labute approximate surface area is 115 Å². The van der Waals surface area contributed by atoms with Crippen molar-refractivity contribution in [3.05, 3.63) is 34.3 Å². The van der Waals surface area contributed by atoms with E-state index in [9.17, 15) is 4.79 Å². The molecule has 7 heteroatoms. The van der Waals surface area contributed by atoms with Gasteiger partial charge in [-0.05, 0) is 18.4 Å². The van der Waals surface area contributed by atoms with Crippen molar-refractivity contribution < 1.29 is 9.90 Å². The Bertz CT molecular complexity index is 524. The summed E-state index contributed by atoms with van der Waals surface area (Å²) in [5.74, 6) is -0.110. The summed E-state index contributed by atoms with van der Waals surface area (Å²) in [5, 5.41) is 21.4. The molecule has 2 N–H and O–H groups in total. The first-order valence-electron chi connectivity index (χ1n) is 6.01. The van der Waals surface area contributed by atoms with Crippen LogP contribution in [0.3, 0.4) is 0 Å². The van der Waals surface area contributed by atoms with Gasteiger partial charge in [-0.25, -0.2) is 4.68 Å². The molecule has 0 spiro atoms. The van der Waals surface area contributed by atoms with Gasteiger partial charge >= 0.3 is 0 Å². The van der Waals surface area contributed by atoms with E-state index in [-0.39, 0.29) is 25.1 Å². The molecule has 6 nitrogen and oxygen atoms in total. The molecule has 1 amide bonds. The zero-order valence-corrected chi connectivity index (χ0v) is 11.4. The highest BCUT2D eigenvalue weighted by molar-refractivity contribution is 7.10. The van der Waals surface area contributed by atoms with E-state index in [0.717, 1.165) is 4.88 Å². The first-order valence-corrected chi connectivity index (χ1v) is 6.89. The van der Waals surface area contributed by atoms with Crippen LogP contribution in [0.2, 0.25) is 0 Å². The van der Waals surface area contributed by atoms with Crippen molar-refractivity contribution in [2.24, 2.45) is 0 Å². The molecule has 1 atom stereocenters. The Hall–Kier alpha value is -1.73. The molecule has 0 saturated heterocycles. The maximum Gasteiger partial charge on any atom is 0.242 e. The largest absolute Gasteiger partial charge is 0.396 e. The molecule has 0 bridgehead atoms. The van der Waals surface area contributed by atoms with Crippen LogP contribution < -0.4 is 5.32 Å². The average Bonchev–Trinajstić information content (AvgIpc) is 3.00. The van der Waals surface area contributed by atoms with Crippen LogP contribution in [0.5, 0.6) is 0 Å². The predicted molar refractivity (Wildman–Crippen MR) is 71.7 cm³/mol. The number of amides is 1. The van der Waals surface area contributed by atoms with Crippen LogP contribution in [0.15, 0.2) is 23.7 Å². The monoisotopic (exact) mass is 280 g/mol. The van der Waals surface area contributed by atoms with E-state index in [2.05, 4.69) is 15.6 Å². The maximum atomic E-state index is 11.8. The number of aliphatic hydroxyl groups is 1. The van der Waals surface area contributed by atoms with Crippen molar-refractivity contribution >= 4 is 17.2 Å². The molecule has 0 radical (unpaired) electrons. The predicted octanol–water partition coefficient (Wildman–Crippen LogP) is 0.752. The number of nitrogens with one attached hydrogen (secondary N) is 1. The molecule has 2 heterocycles. The van der Waals surface area contributed by atoms with Crippen molar-refractivity contribution in [1.29, 1.82) is 0 Å². The highest BCUT2D eigenvalue weighted by Gasteiger charge is 2.11. The van der Waals surface area contributed by atoms with Gasteiger partial charge in [-0.1, -0.05) is 11.3 Å².